The first-order chi connectivity index (χ1) is 13.3. The van der Waals surface area contributed by atoms with Crippen molar-refractivity contribution in [2.45, 2.75) is 19.3 Å². The predicted molar refractivity (Wildman–Crippen MR) is 106 cm³/mol. The van der Waals surface area contributed by atoms with Gasteiger partial charge in [-0.2, -0.15) is 0 Å². The van der Waals surface area contributed by atoms with Crippen LogP contribution in [0.4, 0.5) is 5.69 Å². The molecule has 0 saturated heterocycles. The van der Waals surface area contributed by atoms with E-state index in [2.05, 4.69) is 27.6 Å². The van der Waals surface area contributed by atoms with Crippen LogP contribution >= 0.6 is 0 Å². The van der Waals surface area contributed by atoms with Crippen molar-refractivity contribution in [1.29, 1.82) is 0 Å². The molecule has 0 atom stereocenters. The highest BCUT2D eigenvalue weighted by molar-refractivity contribution is 5.91. The molecule has 0 aliphatic carbocycles. The van der Waals surface area contributed by atoms with E-state index in [0.29, 0.717) is 6.42 Å². The Kier molecular flexibility index (Phi) is 4.92. The first kappa shape index (κ1) is 17.0. The third-order valence-electron chi connectivity index (χ3n) is 4.43. The molecular formula is C22H20N4O. The molecule has 5 heteroatoms. The summed E-state index contributed by atoms with van der Waals surface area (Å²) in [6, 6.07) is 23.7. The minimum Gasteiger partial charge on any atom is -0.326 e. The second kappa shape index (κ2) is 7.83. The average Bonchev–Trinajstić information content (AvgIpc) is 3.13. The van der Waals surface area contributed by atoms with Gasteiger partial charge in [-0.15, -0.1) is 10.2 Å². The lowest BCUT2D eigenvalue weighted by molar-refractivity contribution is -0.116. The largest absolute Gasteiger partial charge is 0.326 e. The minimum absolute atomic E-state index is 0.0224. The van der Waals surface area contributed by atoms with Gasteiger partial charge >= 0.3 is 0 Å². The number of carbonyl (C=O) groups excluding carboxylic acids is 1. The van der Waals surface area contributed by atoms with Crippen molar-refractivity contribution in [1.82, 2.24) is 14.6 Å². The molecule has 0 spiro atoms. The van der Waals surface area contributed by atoms with Gasteiger partial charge in [-0.1, -0.05) is 48.5 Å². The minimum atomic E-state index is 0.0224. The molecule has 4 aromatic rings. The van der Waals surface area contributed by atoms with Gasteiger partial charge in [-0.3, -0.25) is 9.20 Å². The second-order valence-corrected chi connectivity index (χ2v) is 6.42. The molecule has 0 unspecified atom stereocenters. The molecule has 0 bridgehead atoms. The summed E-state index contributed by atoms with van der Waals surface area (Å²) in [5.41, 5.74) is 3.73. The number of amides is 1. The Labute approximate surface area is 157 Å². The quantitative estimate of drug-likeness (QED) is 0.558. The monoisotopic (exact) mass is 356 g/mol. The average molecular weight is 356 g/mol. The third-order valence-corrected chi connectivity index (χ3v) is 4.43. The molecular weight excluding hydrogens is 336 g/mol. The maximum atomic E-state index is 12.3. The van der Waals surface area contributed by atoms with Crippen LogP contribution in [0.5, 0.6) is 0 Å². The molecule has 134 valence electrons. The Bertz CT molecular complexity index is 1060. The third kappa shape index (κ3) is 4.03. The van der Waals surface area contributed by atoms with Gasteiger partial charge in [0.25, 0.3) is 0 Å². The van der Waals surface area contributed by atoms with Gasteiger partial charge in [0.05, 0.1) is 0 Å². The van der Waals surface area contributed by atoms with Crippen LogP contribution < -0.4 is 5.32 Å². The SMILES string of the molecule is O=C(CCCc1ccccc1)Nc1cccc(-c2nnc3ccccn23)c1. The van der Waals surface area contributed by atoms with Crippen molar-refractivity contribution >= 4 is 17.2 Å². The van der Waals surface area contributed by atoms with E-state index in [0.717, 1.165) is 35.6 Å². The summed E-state index contributed by atoms with van der Waals surface area (Å²) >= 11 is 0. The van der Waals surface area contributed by atoms with E-state index in [1.54, 1.807) is 0 Å². The van der Waals surface area contributed by atoms with Crippen molar-refractivity contribution in [3.63, 3.8) is 0 Å². The molecule has 4 rings (SSSR count). The van der Waals surface area contributed by atoms with Crippen molar-refractivity contribution in [2.75, 3.05) is 5.32 Å². The summed E-state index contributed by atoms with van der Waals surface area (Å²) in [4.78, 5) is 12.3. The second-order valence-electron chi connectivity index (χ2n) is 6.42. The summed E-state index contributed by atoms with van der Waals surface area (Å²) in [6.45, 7) is 0. The van der Waals surface area contributed by atoms with E-state index in [1.165, 1.54) is 5.56 Å². The lowest BCUT2D eigenvalue weighted by Gasteiger charge is -2.07. The van der Waals surface area contributed by atoms with Crippen LogP contribution in [0.25, 0.3) is 17.0 Å². The van der Waals surface area contributed by atoms with Crippen LogP contribution in [0.1, 0.15) is 18.4 Å². The number of fused-ring (bicyclic) bond motifs is 1. The van der Waals surface area contributed by atoms with E-state index in [4.69, 9.17) is 0 Å². The first-order valence-corrected chi connectivity index (χ1v) is 9.03. The summed E-state index contributed by atoms with van der Waals surface area (Å²) in [6.07, 6.45) is 4.15. The normalized spacial score (nSPS) is 10.8. The molecule has 2 aromatic carbocycles. The fraction of sp³-hybridized carbons (Fsp3) is 0.136. The van der Waals surface area contributed by atoms with E-state index < -0.39 is 0 Å². The number of carbonyl (C=O) groups is 1. The lowest BCUT2D eigenvalue weighted by atomic mass is 10.1. The number of nitrogens with one attached hydrogen (secondary N) is 1. The lowest BCUT2D eigenvalue weighted by Crippen LogP contribution is -2.11. The van der Waals surface area contributed by atoms with Crippen LogP contribution in [0.15, 0.2) is 79.0 Å². The maximum Gasteiger partial charge on any atom is 0.224 e. The van der Waals surface area contributed by atoms with Gasteiger partial charge < -0.3 is 5.32 Å². The van der Waals surface area contributed by atoms with Crippen molar-refractivity contribution in [3.8, 4) is 11.4 Å². The Hall–Kier alpha value is -3.47. The summed E-state index contributed by atoms with van der Waals surface area (Å²) in [7, 11) is 0. The van der Waals surface area contributed by atoms with Gasteiger partial charge in [0.15, 0.2) is 11.5 Å². The maximum absolute atomic E-state index is 12.3. The summed E-state index contributed by atoms with van der Waals surface area (Å²) in [5, 5.41) is 11.4. The zero-order valence-electron chi connectivity index (χ0n) is 14.9. The molecule has 0 fully saturated rings. The molecule has 0 aliphatic rings. The molecule has 27 heavy (non-hydrogen) atoms. The van der Waals surface area contributed by atoms with Crippen LogP contribution in [-0.2, 0) is 11.2 Å². The van der Waals surface area contributed by atoms with E-state index in [9.17, 15) is 4.79 Å². The number of rotatable bonds is 6. The molecule has 2 aromatic heterocycles. The first-order valence-electron chi connectivity index (χ1n) is 9.03. The van der Waals surface area contributed by atoms with E-state index in [1.807, 2.05) is 71.3 Å². The van der Waals surface area contributed by atoms with Gasteiger partial charge in [-0.05, 0) is 42.7 Å². The van der Waals surface area contributed by atoms with Gasteiger partial charge in [0, 0.05) is 23.9 Å². The van der Waals surface area contributed by atoms with Crippen LogP contribution in [0, 0.1) is 0 Å². The standard InChI is InChI=1S/C22H20N4O/c27-21(14-6-10-17-8-2-1-3-9-17)23-19-12-7-11-18(16-19)22-25-24-20-13-4-5-15-26(20)22/h1-5,7-9,11-13,15-16H,6,10,14H2,(H,23,27). The number of benzene rings is 2. The van der Waals surface area contributed by atoms with Gasteiger partial charge in [0.2, 0.25) is 5.91 Å². The smallest absolute Gasteiger partial charge is 0.224 e. The topological polar surface area (TPSA) is 59.3 Å². The fourth-order valence-corrected chi connectivity index (χ4v) is 3.10. The number of anilines is 1. The number of hydrogen-bond acceptors (Lipinski definition) is 3. The zero-order chi connectivity index (χ0) is 18.5. The molecule has 2 heterocycles. The molecule has 0 radical (unpaired) electrons. The van der Waals surface area contributed by atoms with Gasteiger partial charge in [0.1, 0.15) is 0 Å². The van der Waals surface area contributed by atoms with Crippen molar-refractivity contribution < 1.29 is 4.79 Å². The Morgan fingerprint density at radius 3 is 2.67 bits per heavy atom. The number of aryl methyl sites for hydroxylation is 1. The number of aromatic nitrogens is 3. The fourth-order valence-electron chi connectivity index (χ4n) is 3.10. The Morgan fingerprint density at radius 2 is 1.78 bits per heavy atom. The molecule has 0 saturated carbocycles. The van der Waals surface area contributed by atoms with E-state index in [-0.39, 0.29) is 5.91 Å². The highest BCUT2D eigenvalue weighted by Gasteiger charge is 2.09. The van der Waals surface area contributed by atoms with Crippen LogP contribution in [-0.4, -0.2) is 20.5 Å². The number of hydrogen-bond donors (Lipinski definition) is 1. The van der Waals surface area contributed by atoms with Crippen LogP contribution in [0.3, 0.4) is 0 Å². The number of nitrogens with zero attached hydrogens (tertiary/aromatic N) is 3. The molecule has 1 N–H and O–H groups in total. The highest BCUT2D eigenvalue weighted by Crippen LogP contribution is 2.22. The molecule has 0 aliphatic heterocycles. The molecule has 1 amide bonds. The van der Waals surface area contributed by atoms with Gasteiger partial charge in [-0.25, -0.2) is 0 Å². The summed E-state index contributed by atoms with van der Waals surface area (Å²) in [5.74, 6) is 0.778. The van der Waals surface area contributed by atoms with Crippen LogP contribution in [0.2, 0.25) is 0 Å². The number of pyridine rings is 1. The highest BCUT2D eigenvalue weighted by atomic mass is 16.1. The summed E-state index contributed by atoms with van der Waals surface area (Å²) < 4.78 is 1.93. The van der Waals surface area contributed by atoms with Crippen molar-refractivity contribution in [3.05, 3.63) is 84.6 Å². The van der Waals surface area contributed by atoms with E-state index >= 15 is 0 Å². The molecule has 5 nitrogen and oxygen atoms in total. The predicted octanol–water partition coefficient (Wildman–Crippen LogP) is 4.36. The zero-order valence-corrected chi connectivity index (χ0v) is 14.9. The Morgan fingerprint density at radius 1 is 0.926 bits per heavy atom. The van der Waals surface area contributed by atoms with Crippen molar-refractivity contribution in [2.24, 2.45) is 0 Å². The Balaban J connectivity index is 1.41.